The Morgan fingerprint density at radius 1 is 1.11 bits per heavy atom. The topological polar surface area (TPSA) is 51.8 Å². The number of rotatable bonds is 7. The monoisotopic (exact) mass is 262 g/mol. The molecule has 0 radical (unpaired) electrons. The van der Waals surface area contributed by atoms with Gasteiger partial charge in [-0.1, -0.05) is 0 Å². The normalized spacial score (nSPS) is 11.4. The van der Waals surface area contributed by atoms with Crippen LogP contribution in [0.5, 0.6) is 0 Å². The van der Waals surface area contributed by atoms with E-state index in [9.17, 15) is 0 Å². The number of hydrogen-bond acceptors (Lipinski definition) is 4. The van der Waals surface area contributed by atoms with Gasteiger partial charge in [-0.2, -0.15) is 5.10 Å². The van der Waals surface area contributed by atoms with Gasteiger partial charge in [-0.3, -0.25) is 4.68 Å². The van der Waals surface area contributed by atoms with E-state index in [1.807, 2.05) is 11.5 Å². The minimum Gasteiger partial charge on any atom is -0.319 e. The first-order valence-corrected chi connectivity index (χ1v) is 6.67. The maximum absolute atomic E-state index is 4.47. The summed E-state index contributed by atoms with van der Waals surface area (Å²) < 4.78 is 4.08. The van der Waals surface area contributed by atoms with Crippen molar-refractivity contribution in [1.29, 1.82) is 0 Å². The van der Waals surface area contributed by atoms with Crippen LogP contribution in [0.2, 0.25) is 0 Å². The Kier molecular flexibility index (Phi) is 4.68. The predicted octanol–water partition coefficient (Wildman–Crippen LogP) is 1.11. The molecule has 2 heterocycles. The molecule has 0 saturated heterocycles. The number of likely N-dealkylation sites (N-methyl/N-ethyl adjacent to an activating group) is 1. The molecule has 0 amide bonds. The highest BCUT2D eigenvalue weighted by Gasteiger charge is 2.02. The molecular formula is C13H22N6. The van der Waals surface area contributed by atoms with Crippen molar-refractivity contribution in [3.8, 4) is 0 Å². The standard InChI is InChI=1S/C13H22N6/c1-12-9-13(2)19(16-12)6-4-5-17(3)7-8-18-10-14-15-11-18/h9-11H,4-8H2,1-3H3. The van der Waals surface area contributed by atoms with E-state index in [0.29, 0.717) is 0 Å². The van der Waals surface area contributed by atoms with Crippen molar-refractivity contribution in [1.82, 2.24) is 29.4 Å². The van der Waals surface area contributed by atoms with Crippen molar-refractivity contribution in [2.45, 2.75) is 33.4 Å². The Bertz CT molecular complexity index is 487. The summed E-state index contributed by atoms with van der Waals surface area (Å²) in [7, 11) is 2.14. The molecule has 2 aromatic heterocycles. The van der Waals surface area contributed by atoms with Crippen molar-refractivity contribution in [2.24, 2.45) is 0 Å². The smallest absolute Gasteiger partial charge is 0.119 e. The molecule has 0 atom stereocenters. The lowest BCUT2D eigenvalue weighted by atomic mass is 10.3. The summed E-state index contributed by atoms with van der Waals surface area (Å²) >= 11 is 0. The third kappa shape index (κ3) is 4.17. The molecule has 6 heteroatoms. The van der Waals surface area contributed by atoms with Crippen LogP contribution in [-0.4, -0.2) is 49.6 Å². The van der Waals surface area contributed by atoms with Gasteiger partial charge in [0.15, 0.2) is 0 Å². The Balaban J connectivity index is 1.66. The summed E-state index contributed by atoms with van der Waals surface area (Å²) in [6.07, 6.45) is 4.62. The molecule has 2 rings (SSSR count). The van der Waals surface area contributed by atoms with Crippen LogP contribution in [0.4, 0.5) is 0 Å². The first-order valence-electron chi connectivity index (χ1n) is 6.67. The number of hydrogen-bond donors (Lipinski definition) is 0. The van der Waals surface area contributed by atoms with Crippen LogP contribution in [0.3, 0.4) is 0 Å². The molecule has 6 nitrogen and oxygen atoms in total. The summed E-state index contributed by atoms with van der Waals surface area (Å²) in [5.74, 6) is 0. The Morgan fingerprint density at radius 3 is 2.47 bits per heavy atom. The Labute approximate surface area is 114 Å². The lowest BCUT2D eigenvalue weighted by molar-refractivity contribution is 0.304. The highest BCUT2D eigenvalue weighted by Crippen LogP contribution is 2.03. The van der Waals surface area contributed by atoms with E-state index in [-0.39, 0.29) is 0 Å². The van der Waals surface area contributed by atoms with Crippen molar-refractivity contribution in [3.63, 3.8) is 0 Å². The zero-order chi connectivity index (χ0) is 13.7. The van der Waals surface area contributed by atoms with Gasteiger partial charge in [0.2, 0.25) is 0 Å². The van der Waals surface area contributed by atoms with E-state index in [1.165, 1.54) is 5.69 Å². The molecule has 0 bridgehead atoms. The van der Waals surface area contributed by atoms with Gasteiger partial charge in [0.05, 0.1) is 5.69 Å². The van der Waals surface area contributed by atoms with Crippen molar-refractivity contribution >= 4 is 0 Å². The van der Waals surface area contributed by atoms with Gasteiger partial charge >= 0.3 is 0 Å². The maximum Gasteiger partial charge on any atom is 0.119 e. The lowest BCUT2D eigenvalue weighted by Gasteiger charge is -2.16. The number of nitrogens with zero attached hydrogens (tertiary/aromatic N) is 6. The van der Waals surface area contributed by atoms with Gasteiger partial charge < -0.3 is 9.47 Å². The van der Waals surface area contributed by atoms with Crippen LogP contribution in [0.1, 0.15) is 17.8 Å². The molecular weight excluding hydrogens is 240 g/mol. The highest BCUT2D eigenvalue weighted by atomic mass is 15.3. The van der Waals surface area contributed by atoms with Crippen LogP contribution in [0.15, 0.2) is 18.7 Å². The molecule has 19 heavy (non-hydrogen) atoms. The second-order valence-electron chi connectivity index (χ2n) is 5.01. The molecule has 104 valence electrons. The number of aromatic nitrogens is 5. The Hall–Kier alpha value is -1.69. The van der Waals surface area contributed by atoms with E-state index >= 15 is 0 Å². The van der Waals surface area contributed by atoms with Gasteiger partial charge in [-0.25, -0.2) is 0 Å². The molecule has 0 aliphatic heterocycles. The third-order valence-electron chi connectivity index (χ3n) is 3.22. The molecule has 0 aromatic carbocycles. The minimum absolute atomic E-state index is 0.934. The summed E-state index contributed by atoms with van der Waals surface area (Å²) in [6, 6.07) is 2.12. The fraction of sp³-hybridized carbons (Fsp3) is 0.615. The Morgan fingerprint density at radius 2 is 1.84 bits per heavy atom. The first-order chi connectivity index (χ1) is 9.15. The summed E-state index contributed by atoms with van der Waals surface area (Å²) in [5, 5.41) is 12.1. The zero-order valence-electron chi connectivity index (χ0n) is 12.0. The molecule has 0 aliphatic carbocycles. The van der Waals surface area contributed by atoms with Crippen LogP contribution in [0.25, 0.3) is 0 Å². The molecule has 0 saturated carbocycles. The van der Waals surface area contributed by atoms with Crippen LogP contribution < -0.4 is 0 Å². The first kappa shape index (κ1) is 13.7. The van der Waals surface area contributed by atoms with Crippen molar-refractivity contribution in [2.75, 3.05) is 20.1 Å². The van der Waals surface area contributed by atoms with Crippen molar-refractivity contribution < 1.29 is 0 Å². The van der Waals surface area contributed by atoms with Crippen LogP contribution in [-0.2, 0) is 13.1 Å². The SMILES string of the molecule is Cc1cc(C)n(CCCN(C)CCn2cnnc2)n1. The summed E-state index contributed by atoms with van der Waals surface area (Å²) in [5.41, 5.74) is 2.34. The van der Waals surface area contributed by atoms with Gasteiger partial charge in [-0.15, -0.1) is 10.2 Å². The van der Waals surface area contributed by atoms with Crippen LogP contribution in [0, 0.1) is 13.8 Å². The van der Waals surface area contributed by atoms with E-state index in [4.69, 9.17) is 0 Å². The minimum atomic E-state index is 0.934. The predicted molar refractivity (Wildman–Crippen MR) is 73.8 cm³/mol. The highest BCUT2D eigenvalue weighted by molar-refractivity contribution is 5.06. The van der Waals surface area contributed by atoms with E-state index < -0.39 is 0 Å². The number of aryl methyl sites for hydroxylation is 3. The van der Waals surface area contributed by atoms with Crippen LogP contribution >= 0.6 is 0 Å². The molecule has 0 fully saturated rings. The quantitative estimate of drug-likeness (QED) is 0.750. The molecule has 0 aliphatic rings. The second kappa shape index (κ2) is 6.47. The fourth-order valence-electron chi connectivity index (χ4n) is 2.13. The summed E-state index contributed by atoms with van der Waals surface area (Å²) in [4.78, 5) is 2.33. The van der Waals surface area contributed by atoms with Gasteiger partial charge in [0.1, 0.15) is 12.7 Å². The molecule has 2 aromatic rings. The van der Waals surface area contributed by atoms with Gasteiger partial charge in [-0.05, 0) is 39.9 Å². The largest absolute Gasteiger partial charge is 0.319 e. The van der Waals surface area contributed by atoms with E-state index in [0.717, 1.165) is 38.3 Å². The third-order valence-corrected chi connectivity index (χ3v) is 3.22. The van der Waals surface area contributed by atoms with E-state index in [2.05, 4.69) is 44.9 Å². The van der Waals surface area contributed by atoms with Gasteiger partial charge in [0.25, 0.3) is 0 Å². The second-order valence-corrected chi connectivity index (χ2v) is 5.01. The molecule has 0 N–H and O–H groups in total. The van der Waals surface area contributed by atoms with E-state index in [1.54, 1.807) is 12.7 Å². The molecule has 0 spiro atoms. The molecule has 0 unspecified atom stereocenters. The average Bonchev–Trinajstić information content (AvgIpc) is 2.97. The zero-order valence-corrected chi connectivity index (χ0v) is 12.0. The van der Waals surface area contributed by atoms with Gasteiger partial charge in [0, 0.05) is 25.3 Å². The lowest BCUT2D eigenvalue weighted by Crippen LogP contribution is -2.25. The maximum atomic E-state index is 4.47. The fourth-order valence-corrected chi connectivity index (χ4v) is 2.13. The average molecular weight is 262 g/mol. The van der Waals surface area contributed by atoms with Crippen molar-refractivity contribution in [3.05, 3.63) is 30.1 Å². The summed E-state index contributed by atoms with van der Waals surface area (Å²) in [6.45, 7) is 8.14.